The number of halogens is 1. The lowest BCUT2D eigenvalue weighted by Crippen LogP contribution is -2.49. The van der Waals surface area contributed by atoms with Gasteiger partial charge in [0.1, 0.15) is 5.82 Å². The smallest absolute Gasteiger partial charge is 0.238 e. The highest BCUT2D eigenvalue weighted by molar-refractivity contribution is 5.99. The fourth-order valence-electron chi connectivity index (χ4n) is 4.69. The molecule has 1 aromatic heterocycles. The van der Waals surface area contributed by atoms with E-state index in [1.165, 1.54) is 12.1 Å². The number of anilines is 1. The van der Waals surface area contributed by atoms with Gasteiger partial charge in [-0.1, -0.05) is 0 Å². The van der Waals surface area contributed by atoms with Crippen LogP contribution in [0.5, 0.6) is 0 Å². The van der Waals surface area contributed by atoms with Gasteiger partial charge in [-0.05, 0) is 57.0 Å². The number of amides is 1. The average molecular weight is 457 g/mol. The molecular weight excluding hydrogens is 423 g/mol. The van der Waals surface area contributed by atoms with Gasteiger partial charge in [0.25, 0.3) is 0 Å². The Labute approximate surface area is 194 Å². The Kier molecular flexibility index (Phi) is 7.57. The predicted molar refractivity (Wildman–Crippen MR) is 125 cm³/mol. The second-order valence-electron chi connectivity index (χ2n) is 9.06. The van der Waals surface area contributed by atoms with Crippen LogP contribution in [0, 0.1) is 19.7 Å². The van der Waals surface area contributed by atoms with Crippen molar-refractivity contribution >= 4 is 17.4 Å². The van der Waals surface area contributed by atoms with Crippen LogP contribution >= 0.6 is 0 Å². The molecule has 1 atom stereocenters. The zero-order valence-electron chi connectivity index (χ0n) is 19.5. The minimum atomic E-state index is -0.330. The molecule has 0 spiro atoms. The summed E-state index contributed by atoms with van der Waals surface area (Å²) in [7, 11) is 0. The number of carbonyl (C=O) groups excluding carboxylic acids is 2. The number of nitrogens with zero attached hydrogens (tertiary/aromatic N) is 3. The molecule has 1 N–H and O–H groups in total. The predicted octanol–water partition coefficient (Wildman–Crippen LogP) is 2.86. The minimum Gasteiger partial charge on any atom is -0.376 e. The Bertz CT molecular complexity index is 974. The van der Waals surface area contributed by atoms with Crippen molar-refractivity contribution in [2.75, 3.05) is 51.2 Å². The lowest BCUT2D eigenvalue weighted by atomic mass is 10.1. The van der Waals surface area contributed by atoms with Crippen molar-refractivity contribution in [3.63, 3.8) is 0 Å². The summed E-state index contributed by atoms with van der Waals surface area (Å²) in [5.41, 5.74) is 3.50. The highest BCUT2D eigenvalue weighted by Gasteiger charge is 2.24. The van der Waals surface area contributed by atoms with Crippen LogP contribution in [-0.2, 0) is 16.1 Å². The number of hydrogen-bond donors (Lipinski definition) is 1. The van der Waals surface area contributed by atoms with Gasteiger partial charge >= 0.3 is 0 Å². The lowest BCUT2D eigenvalue weighted by Gasteiger charge is -2.33. The first-order valence-electron chi connectivity index (χ1n) is 11.7. The second-order valence-corrected chi connectivity index (χ2v) is 9.06. The summed E-state index contributed by atoms with van der Waals surface area (Å²) in [6, 6.07) is 7.75. The summed E-state index contributed by atoms with van der Waals surface area (Å²) in [4.78, 5) is 29.5. The summed E-state index contributed by atoms with van der Waals surface area (Å²) in [5.74, 6) is -0.308. The molecule has 178 valence electrons. The van der Waals surface area contributed by atoms with Crippen molar-refractivity contribution < 1.29 is 18.7 Å². The normalized spacial score (nSPS) is 19.7. The minimum absolute atomic E-state index is 0.121. The van der Waals surface area contributed by atoms with Crippen LogP contribution < -0.4 is 5.32 Å². The van der Waals surface area contributed by atoms with Gasteiger partial charge in [0.15, 0.2) is 5.78 Å². The summed E-state index contributed by atoms with van der Waals surface area (Å²) >= 11 is 0. The zero-order chi connectivity index (χ0) is 23.4. The number of carbonyl (C=O) groups is 2. The van der Waals surface area contributed by atoms with E-state index < -0.39 is 0 Å². The number of ether oxygens (including phenoxy) is 1. The van der Waals surface area contributed by atoms with Gasteiger partial charge < -0.3 is 14.6 Å². The third kappa shape index (κ3) is 6.07. The highest BCUT2D eigenvalue weighted by atomic mass is 19.1. The highest BCUT2D eigenvalue weighted by Crippen LogP contribution is 2.21. The number of piperazine rings is 1. The van der Waals surface area contributed by atoms with Crippen molar-refractivity contribution in [2.24, 2.45) is 0 Å². The first-order chi connectivity index (χ1) is 15.9. The van der Waals surface area contributed by atoms with E-state index in [1.807, 2.05) is 13.0 Å². The first kappa shape index (κ1) is 23.6. The van der Waals surface area contributed by atoms with E-state index in [-0.39, 0.29) is 30.2 Å². The Morgan fingerprint density at radius 2 is 1.73 bits per heavy atom. The van der Waals surface area contributed by atoms with Crippen molar-refractivity contribution in [1.29, 1.82) is 0 Å². The summed E-state index contributed by atoms with van der Waals surface area (Å²) in [5, 5.41) is 2.79. The summed E-state index contributed by atoms with van der Waals surface area (Å²) in [6.07, 6.45) is 2.42. The SMILES string of the molecule is Cc1cc(C(=O)CN2CCN(CC(=O)Nc3ccc(F)cc3)CC2)c(C)n1C[C@H]1CCCO1. The molecule has 0 bridgehead atoms. The number of rotatable bonds is 8. The number of hydrogen-bond acceptors (Lipinski definition) is 5. The van der Waals surface area contributed by atoms with Crippen LogP contribution in [0.4, 0.5) is 10.1 Å². The third-order valence-electron chi connectivity index (χ3n) is 6.61. The van der Waals surface area contributed by atoms with Crippen LogP contribution in [-0.4, -0.2) is 78.0 Å². The van der Waals surface area contributed by atoms with Gasteiger partial charge in [-0.15, -0.1) is 0 Å². The van der Waals surface area contributed by atoms with E-state index in [2.05, 4.69) is 26.6 Å². The van der Waals surface area contributed by atoms with Crippen molar-refractivity contribution in [1.82, 2.24) is 14.4 Å². The molecule has 0 aliphatic carbocycles. The molecule has 8 heteroatoms. The monoisotopic (exact) mass is 456 g/mol. The molecule has 1 aromatic carbocycles. The molecule has 7 nitrogen and oxygen atoms in total. The lowest BCUT2D eigenvalue weighted by molar-refractivity contribution is -0.117. The van der Waals surface area contributed by atoms with Crippen molar-refractivity contribution in [3.8, 4) is 0 Å². The van der Waals surface area contributed by atoms with Gasteiger partial charge in [-0.25, -0.2) is 4.39 Å². The molecule has 1 amide bonds. The number of Topliss-reactive ketones (excluding diaryl/α,β-unsaturated/α-hetero) is 1. The first-order valence-corrected chi connectivity index (χ1v) is 11.7. The maximum Gasteiger partial charge on any atom is 0.238 e. The Balaban J connectivity index is 1.24. The maximum atomic E-state index is 13.0. The van der Waals surface area contributed by atoms with Crippen LogP contribution in [0.25, 0.3) is 0 Å². The number of aromatic nitrogens is 1. The van der Waals surface area contributed by atoms with Crippen LogP contribution in [0.2, 0.25) is 0 Å². The molecule has 4 rings (SSSR count). The summed E-state index contributed by atoms with van der Waals surface area (Å²) < 4.78 is 21.0. The zero-order valence-corrected chi connectivity index (χ0v) is 19.5. The van der Waals surface area contributed by atoms with E-state index in [0.717, 1.165) is 69.1 Å². The van der Waals surface area contributed by atoms with Gasteiger partial charge in [0.2, 0.25) is 5.91 Å². The van der Waals surface area contributed by atoms with Crippen LogP contribution in [0.1, 0.15) is 34.6 Å². The van der Waals surface area contributed by atoms with Gasteiger partial charge in [0, 0.05) is 62.0 Å². The Morgan fingerprint density at radius 1 is 1.06 bits per heavy atom. The summed E-state index contributed by atoms with van der Waals surface area (Å²) in [6.45, 7) is 9.31. The molecule has 2 aliphatic heterocycles. The van der Waals surface area contributed by atoms with Gasteiger partial charge in [-0.3, -0.25) is 19.4 Å². The van der Waals surface area contributed by atoms with E-state index in [1.54, 1.807) is 12.1 Å². The fourth-order valence-corrected chi connectivity index (χ4v) is 4.69. The Hall–Kier alpha value is -2.55. The van der Waals surface area contributed by atoms with Crippen molar-refractivity contribution in [2.45, 2.75) is 39.3 Å². The standard InChI is InChI=1S/C25H33FN4O3/c1-18-14-23(19(2)30(18)15-22-4-3-13-33-22)24(31)16-28-9-11-29(12-10-28)17-25(32)27-21-7-5-20(26)6-8-21/h5-8,14,22H,3-4,9-13,15-17H2,1-2H3,(H,27,32)/t22-/m1/s1. The number of nitrogens with one attached hydrogen (secondary N) is 1. The van der Waals surface area contributed by atoms with E-state index in [9.17, 15) is 14.0 Å². The van der Waals surface area contributed by atoms with Gasteiger partial charge in [0.05, 0.1) is 19.2 Å². The number of benzene rings is 1. The number of ketones is 1. The molecule has 0 radical (unpaired) electrons. The quantitative estimate of drug-likeness (QED) is 0.619. The largest absolute Gasteiger partial charge is 0.376 e. The third-order valence-corrected chi connectivity index (χ3v) is 6.61. The molecule has 3 heterocycles. The molecule has 0 saturated carbocycles. The van der Waals surface area contributed by atoms with Crippen LogP contribution in [0.15, 0.2) is 30.3 Å². The number of aryl methyl sites for hydroxylation is 1. The maximum absolute atomic E-state index is 13.0. The topological polar surface area (TPSA) is 66.8 Å². The van der Waals surface area contributed by atoms with E-state index >= 15 is 0 Å². The molecule has 2 fully saturated rings. The molecule has 2 aromatic rings. The molecule has 2 saturated heterocycles. The van der Waals surface area contributed by atoms with Crippen LogP contribution in [0.3, 0.4) is 0 Å². The van der Waals surface area contributed by atoms with Gasteiger partial charge in [-0.2, -0.15) is 0 Å². The second kappa shape index (κ2) is 10.6. The molecule has 33 heavy (non-hydrogen) atoms. The molecule has 0 unspecified atom stereocenters. The van der Waals surface area contributed by atoms with E-state index in [4.69, 9.17) is 4.74 Å². The Morgan fingerprint density at radius 3 is 2.36 bits per heavy atom. The van der Waals surface area contributed by atoms with Crippen molar-refractivity contribution in [3.05, 3.63) is 53.1 Å². The fraction of sp³-hybridized carbons (Fsp3) is 0.520. The molecular formula is C25H33FN4O3. The molecule has 2 aliphatic rings. The van der Waals surface area contributed by atoms with E-state index in [0.29, 0.717) is 12.2 Å². The average Bonchev–Trinajstić information content (AvgIpc) is 3.40.